The first-order chi connectivity index (χ1) is 15.0. The predicted molar refractivity (Wildman–Crippen MR) is 112 cm³/mol. The third kappa shape index (κ3) is 4.88. The molecule has 3 N–H and O–H groups in total. The SMILES string of the molecule is O=C(O)CCCC(=O)Nc1nc2n(n1)[C@@H](c1ccc(F)cc1)C[C@@H](c1ccccc1)N2. The molecule has 0 spiro atoms. The van der Waals surface area contributed by atoms with Crippen LogP contribution in [0.25, 0.3) is 0 Å². The number of aliphatic carboxylic acids is 1. The van der Waals surface area contributed by atoms with Gasteiger partial charge < -0.3 is 10.4 Å². The average molecular weight is 423 g/mol. The number of benzene rings is 2. The van der Waals surface area contributed by atoms with Gasteiger partial charge in [-0.2, -0.15) is 4.98 Å². The van der Waals surface area contributed by atoms with Gasteiger partial charge >= 0.3 is 5.97 Å². The molecule has 0 saturated carbocycles. The lowest BCUT2D eigenvalue weighted by Gasteiger charge is -2.31. The van der Waals surface area contributed by atoms with Crippen LogP contribution < -0.4 is 10.6 Å². The van der Waals surface area contributed by atoms with Crippen LogP contribution in [0.5, 0.6) is 0 Å². The summed E-state index contributed by atoms with van der Waals surface area (Å²) >= 11 is 0. The van der Waals surface area contributed by atoms with E-state index in [1.807, 2.05) is 30.3 Å². The lowest BCUT2D eigenvalue weighted by molar-refractivity contribution is -0.137. The fourth-order valence-electron chi connectivity index (χ4n) is 3.68. The molecule has 1 amide bonds. The van der Waals surface area contributed by atoms with Crippen LogP contribution in [-0.2, 0) is 9.59 Å². The molecule has 2 aromatic carbocycles. The zero-order chi connectivity index (χ0) is 21.8. The van der Waals surface area contributed by atoms with Crippen LogP contribution in [-0.4, -0.2) is 31.7 Å². The maximum absolute atomic E-state index is 13.5. The van der Waals surface area contributed by atoms with Gasteiger partial charge in [-0.15, -0.1) is 5.10 Å². The average Bonchev–Trinajstić information content (AvgIpc) is 3.16. The summed E-state index contributed by atoms with van der Waals surface area (Å²) in [5.74, 6) is -0.965. The number of fused-ring (bicyclic) bond motifs is 1. The number of hydrogen-bond acceptors (Lipinski definition) is 5. The number of aromatic nitrogens is 3. The largest absolute Gasteiger partial charge is 0.481 e. The normalized spacial score (nSPS) is 17.5. The van der Waals surface area contributed by atoms with Gasteiger partial charge in [-0.1, -0.05) is 42.5 Å². The van der Waals surface area contributed by atoms with Crippen LogP contribution in [0.2, 0.25) is 0 Å². The highest BCUT2D eigenvalue weighted by Crippen LogP contribution is 2.38. The number of carboxylic acids is 1. The van der Waals surface area contributed by atoms with E-state index in [4.69, 9.17) is 5.11 Å². The van der Waals surface area contributed by atoms with Crippen molar-refractivity contribution in [2.24, 2.45) is 0 Å². The molecule has 4 rings (SSSR count). The zero-order valence-electron chi connectivity index (χ0n) is 16.7. The Bertz CT molecular complexity index is 1070. The van der Waals surface area contributed by atoms with Gasteiger partial charge in [-0.25, -0.2) is 9.07 Å². The number of carbonyl (C=O) groups excluding carboxylic acids is 1. The van der Waals surface area contributed by atoms with Gasteiger partial charge in [-0.05, 0) is 36.1 Å². The molecule has 0 radical (unpaired) electrons. The summed E-state index contributed by atoms with van der Waals surface area (Å²) in [5.41, 5.74) is 1.97. The molecule has 1 aliphatic rings. The van der Waals surface area contributed by atoms with Gasteiger partial charge in [0.15, 0.2) is 0 Å². The number of amides is 1. The van der Waals surface area contributed by atoms with E-state index in [-0.39, 0.29) is 49.0 Å². The molecule has 1 aromatic heterocycles. The minimum absolute atomic E-state index is 0.0351. The number of rotatable bonds is 7. The van der Waals surface area contributed by atoms with Crippen LogP contribution in [0.4, 0.5) is 16.3 Å². The van der Waals surface area contributed by atoms with E-state index in [1.165, 1.54) is 12.1 Å². The van der Waals surface area contributed by atoms with Gasteiger partial charge in [0, 0.05) is 12.8 Å². The Hall–Kier alpha value is -3.75. The maximum atomic E-state index is 13.5. The summed E-state index contributed by atoms with van der Waals surface area (Å²) in [6, 6.07) is 16.0. The Labute approximate surface area is 178 Å². The molecule has 31 heavy (non-hydrogen) atoms. The van der Waals surface area contributed by atoms with Crippen molar-refractivity contribution in [3.63, 3.8) is 0 Å². The van der Waals surface area contributed by atoms with E-state index < -0.39 is 5.97 Å². The monoisotopic (exact) mass is 423 g/mol. The molecule has 2 atom stereocenters. The van der Waals surface area contributed by atoms with E-state index in [9.17, 15) is 14.0 Å². The molecular formula is C22H22FN5O3. The molecule has 2 heterocycles. The first kappa shape index (κ1) is 20.5. The lowest BCUT2D eigenvalue weighted by atomic mass is 9.93. The first-order valence-electron chi connectivity index (χ1n) is 10.0. The summed E-state index contributed by atoms with van der Waals surface area (Å²) in [4.78, 5) is 27.2. The summed E-state index contributed by atoms with van der Waals surface area (Å²) in [6.07, 6.45) is 0.893. The second-order valence-corrected chi connectivity index (χ2v) is 7.41. The highest BCUT2D eigenvalue weighted by atomic mass is 19.1. The van der Waals surface area contributed by atoms with Crippen molar-refractivity contribution in [3.05, 3.63) is 71.5 Å². The number of carbonyl (C=O) groups is 2. The number of anilines is 2. The molecule has 1 aliphatic heterocycles. The van der Waals surface area contributed by atoms with Crippen molar-refractivity contribution in [2.45, 2.75) is 37.8 Å². The topological polar surface area (TPSA) is 109 Å². The third-order valence-electron chi connectivity index (χ3n) is 5.19. The van der Waals surface area contributed by atoms with Crippen molar-refractivity contribution in [1.29, 1.82) is 0 Å². The molecule has 8 nitrogen and oxygen atoms in total. The molecular weight excluding hydrogens is 401 g/mol. The minimum atomic E-state index is -0.943. The smallest absolute Gasteiger partial charge is 0.303 e. The molecule has 0 unspecified atom stereocenters. The zero-order valence-corrected chi connectivity index (χ0v) is 16.7. The standard InChI is InChI=1S/C22H22FN5O3/c23-16-11-9-15(10-12-16)18-13-17(14-5-2-1-3-6-14)24-22-26-21(27-28(18)22)25-19(29)7-4-8-20(30)31/h1-3,5-6,9-12,17-18H,4,7-8,13H2,(H,30,31)(H2,24,25,26,27,29)/t17-,18+/m0/s1. The number of carboxylic acid groups (broad SMARTS) is 1. The molecule has 0 fully saturated rings. The van der Waals surface area contributed by atoms with E-state index in [2.05, 4.69) is 20.7 Å². The van der Waals surface area contributed by atoms with E-state index in [0.29, 0.717) is 12.4 Å². The highest BCUT2D eigenvalue weighted by molar-refractivity contribution is 5.89. The van der Waals surface area contributed by atoms with Crippen molar-refractivity contribution < 1.29 is 19.1 Å². The van der Waals surface area contributed by atoms with Gasteiger partial charge in [-0.3, -0.25) is 14.9 Å². The highest BCUT2D eigenvalue weighted by Gasteiger charge is 2.31. The van der Waals surface area contributed by atoms with E-state index >= 15 is 0 Å². The summed E-state index contributed by atoms with van der Waals surface area (Å²) < 4.78 is 15.2. The van der Waals surface area contributed by atoms with Crippen molar-refractivity contribution in [3.8, 4) is 0 Å². The van der Waals surface area contributed by atoms with Crippen LogP contribution in [0.15, 0.2) is 54.6 Å². The van der Waals surface area contributed by atoms with Gasteiger partial charge in [0.2, 0.25) is 11.9 Å². The summed E-state index contributed by atoms with van der Waals surface area (Å²) in [5, 5.41) is 19.1. The molecule has 0 aliphatic carbocycles. The first-order valence-corrected chi connectivity index (χ1v) is 10.0. The van der Waals surface area contributed by atoms with Crippen molar-refractivity contribution >= 4 is 23.8 Å². The van der Waals surface area contributed by atoms with Crippen LogP contribution in [0.1, 0.15) is 48.9 Å². The molecule has 9 heteroatoms. The second kappa shape index (κ2) is 8.95. The van der Waals surface area contributed by atoms with Crippen molar-refractivity contribution in [2.75, 3.05) is 10.6 Å². The Morgan fingerprint density at radius 1 is 1.10 bits per heavy atom. The predicted octanol–water partition coefficient (Wildman–Crippen LogP) is 3.76. The Balaban J connectivity index is 1.59. The second-order valence-electron chi connectivity index (χ2n) is 7.41. The van der Waals surface area contributed by atoms with Gasteiger partial charge in [0.25, 0.3) is 5.95 Å². The van der Waals surface area contributed by atoms with Gasteiger partial charge in [0.1, 0.15) is 5.82 Å². The Morgan fingerprint density at radius 2 is 1.84 bits per heavy atom. The Kier molecular flexibility index (Phi) is 5.92. The fourth-order valence-corrected chi connectivity index (χ4v) is 3.68. The summed E-state index contributed by atoms with van der Waals surface area (Å²) in [6.45, 7) is 0. The number of halogens is 1. The van der Waals surface area contributed by atoms with Crippen molar-refractivity contribution in [1.82, 2.24) is 14.8 Å². The van der Waals surface area contributed by atoms with Crippen LogP contribution in [0, 0.1) is 5.82 Å². The van der Waals surface area contributed by atoms with Crippen LogP contribution in [0.3, 0.4) is 0 Å². The molecule has 0 saturated heterocycles. The van der Waals surface area contributed by atoms with E-state index in [0.717, 1.165) is 11.1 Å². The number of hydrogen-bond donors (Lipinski definition) is 3. The fraction of sp³-hybridized carbons (Fsp3) is 0.273. The summed E-state index contributed by atoms with van der Waals surface area (Å²) in [7, 11) is 0. The number of nitrogens with zero attached hydrogens (tertiary/aromatic N) is 3. The third-order valence-corrected chi connectivity index (χ3v) is 5.19. The lowest BCUT2D eigenvalue weighted by Crippen LogP contribution is -2.28. The van der Waals surface area contributed by atoms with Gasteiger partial charge in [0.05, 0.1) is 12.1 Å². The molecule has 3 aromatic rings. The molecule has 160 valence electrons. The number of nitrogens with one attached hydrogen (secondary N) is 2. The van der Waals surface area contributed by atoms with Crippen LogP contribution >= 0.6 is 0 Å². The Morgan fingerprint density at radius 3 is 2.55 bits per heavy atom. The maximum Gasteiger partial charge on any atom is 0.303 e. The molecule has 0 bridgehead atoms. The minimum Gasteiger partial charge on any atom is -0.481 e. The van der Waals surface area contributed by atoms with E-state index in [1.54, 1.807) is 16.8 Å². The quantitative estimate of drug-likeness (QED) is 0.534.